The van der Waals surface area contributed by atoms with Crippen molar-refractivity contribution in [2.75, 3.05) is 6.54 Å². The number of rotatable bonds is 0. The van der Waals surface area contributed by atoms with Gasteiger partial charge in [0.25, 0.3) is 0 Å². The Morgan fingerprint density at radius 3 is 3.00 bits per heavy atom. The molecule has 0 radical (unpaired) electrons. The maximum atomic E-state index is 5.98. The van der Waals surface area contributed by atoms with E-state index in [-0.39, 0.29) is 12.4 Å². The summed E-state index contributed by atoms with van der Waals surface area (Å²) >= 11 is 5.98. The van der Waals surface area contributed by atoms with Crippen molar-refractivity contribution in [3.8, 4) is 0 Å². The Morgan fingerprint density at radius 1 is 1.47 bits per heavy atom. The van der Waals surface area contributed by atoms with Gasteiger partial charge in [-0.05, 0) is 31.5 Å². The van der Waals surface area contributed by atoms with Crippen LogP contribution in [-0.2, 0) is 6.54 Å². The molecular formula is C12H15Cl2N3. The zero-order valence-electron chi connectivity index (χ0n) is 9.83. The van der Waals surface area contributed by atoms with Crippen LogP contribution in [0.1, 0.15) is 24.2 Å². The van der Waals surface area contributed by atoms with Crippen molar-refractivity contribution in [2.45, 2.75) is 26.4 Å². The van der Waals surface area contributed by atoms with E-state index in [1.54, 1.807) is 0 Å². The molecule has 0 saturated heterocycles. The summed E-state index contributed by atoms with van der Waals surface area (Å²) in [6, 6.07) is 4.37. The molecule has 5 heteroatoms. The zero-order chi connectivity index (χ0) is 11.3. The number of aromatic nitrogens is 2. The first-order valence-corrected chi connectivity index (χ1v) is 5.93. The summed E-state index contributed by atoms with van der Waals surface area (Å²) < 4.78 is 2.31. The topological polar surface area (TPSA) is 29.9 Å². The molecule has 2 aromatic rings. The molecule has 0 aromatic carbocycles. The maximum absolute atomic E-state index is 5.98. The van der Waals surface area contributed by atoms with Crippen molar-refractivity contribution in [2.24, 2.45) is 0 Å². The van der Waals surface area contributed by atoms with Crippen molar-refractivity contribution < 1.29 is 0 Å². The lowest BCUT2D eigenvalue weighted by Gasteiger charge is -2.24. The molecule has 1 aliphatic rings. The van der Waals surface area contributed by atoms with Crippen LogP contribution in [-0.4, -0.2) is 16.1 Å². The molecule has 3 rings (SSSR count). The van der Waals surface area contributed by atoms with E-state index in [9.17, 15) is 0 Å². The fourth-order valence-electron chi connectivity index (χ4n) is 2.55. The maximum Gasteiger partial charge on any atom is 0.142 e. The minimum Gasteiger partial charge on any atom is -0.324 e. The molecule has 92 valence electrons. The Kier molecular flexibility index (Phi) is 3.34. The van der Waals surface area contributed by atoms with Crippen LogP contribution in [0.5, 0.6) is 0 Å². The normalized spacial score (nSPS) is 18.9. The molecule has 1 N–H and O–H groups in total. The molecule has 0 spiro atoms. The summed E-state index contributed by atoms with van der Waals surface area (Å²) in [5.74, 6) is 0. The summed E-state index contributed by atoms with van der Waals surface area (Å²) in [5, 5.41) is 5.21. The summed E-state index contributed by atoms with van der Waals surface area (Å²) in [5.41, 5.74) is 3.68. The number of halogens is 2. The van der Waals surface area contributed by atoms with Crippen LogP contribution in [0.2, 0.25) is 5.15 Å². The van der Waals surface area contributed by atoms with Gasteiger partial charge in [-0.2, -0.15) is 0 Å². The van der Waals surface area contributed by atoms with Crippen molar-refractivity contribution in [3.63, 3.8) is 0 Å². The molecule has 3 nitrogen and oxygen atoms in total. The first-order chi connectivity index (χ1) is 7.68. The smallest absolute Gasteiger partial charge is 0.142 e. The quantitative estimate of drug-likeness (QED) is 0.747. The van der Waals surface area contributed by atoms with Gasteiger partial charge >= 0.3 is 0 Å². The highest BCUT2D eigenvalue weighted by Gasteiger charge is 2.22. The lowest BCUT2D eigenvalue weighted by Crippen LogP contribution is -2.31. The van der Waals surface area contributed by atoms with Crippen molar-refractivity contribution in [3.05, 3.63) is 28.5 Å². The molecule has 0 bridgehead atoms. The van der Waals surface area contributed by atoms with Crippen molar-refractivity contribution >= 4 is 35.0 Å². The lowest BCUT2D eigenvalue weighted by atomic mass is 10.1. The third-order valence-electron chi connectivity index (χ3n) is 3.37. The fraction of sp³-hybridized carbons (Fsp3) is 0.417. The Labute approximate surface area is 112 Å². The van der Waals surface area contributed by atoms with Crippen LogP contribution < -0.4 is 5.32 Å². The predicted molar refractivity (Wildman–Crippen MR) is 73.1 cm³/mol. The molecule has 17 heavy (non-hydrogen) atoms. The van der Waals surface area contributed by atoms with Gasteiger partial charge in [0, 0.05) is 30.2 Å². The summed E-state index contributed by atoms with van der Waals surface area (Å²) in [4.78, 5) is 4.46. The summed E-state index contributed by atoms with van der Waals surface area (Å²) in [6.07, 6.45) is 0. The number of aryl methyl sites for hydroxylation is 1. The van der Waals surface area contributed by atoms with Crippen molar-refractivity contribution in [1.82, 2.24) is 14.9 Å². The molecule has 0 unspecified atom stereocenters. The zero-order valence-corrected chi connectivity index (χ0v) is 11.4. The fourth-order valence-corrected chi connectivity index (χ4v) is 2.69. The molecule has 0 fully saturated rings. The van der Waals surface area contributed by atoms with Gasteiger partial charge in [-0.1, -0.05) is 11.6 Å². The predicted octanol–water partition coefficient (Wildman–Crippen LogP) is 3.08. The largest absolute Gasteiger partial charge is 0.324 e. The van der Waals surface area contributed by atoms with E-state index < -0.39 is 0 Å². The second-order valence-corrected chi connectivity index (χ2v) is 4.81. The second-order valence-electron chi connectivity index (χ2n) is 4.43. The van der Waals surface area contributed by atoms with Gasteiger partial charge in [-0.25, -0.2) is 4.98 Å². The molecule has 3 heterocycles. The van der Waals surface area contributed by atoms with E-state index in [4.69, 9.17) is 11.6 Å². The molecular weight excluding hydrogens is 257 g/mol. The highest BCUT2D eigenvalue weighted by molar-refractivity contribution is 6.29. The van der Waals surface area contributed by atoms with E-state index in [2.05, 4.69) is 34.8 Å². The Balaban J connectivity index is 0.00000108. The summed E-state index contributed by atoms with van der Waals surface area (Å²) in [6.45, 7) is 6.27. The average Bonchev–Trinajstić information content (AvgIpc) is 2.54. The van der Waals surface area contributed by atoms with E-state index in [0.29, 0.717) is 11.2 Å². The number of hydrogen-bond donors (Lipinski definition) is 1. The Morgan fingerprint density at radius 2 is 2.24 bits per heavy atom. The third-order valence-corrected chi connectivity index (χ3v) is 3.58. The minimum absolute atomic E-state index is 0. The van der Waals surface area contributed by atoms with Crippen LogP contribution in [0.3, 0.4) is 0 Å². The van der Waals surface area contributed by atoms with E-state index in [1.807, 2.05) is 6.07 Å². The monoisotopic (exact) mass is 271 g/mol. The van der Waals surface area contributed by atoms with Gasteiger partial charge in [-0.15, -0.1) is 12.4 Å². The Bertz CT molecular complexity index is 562. The number of fused-ring (bicyclic) bond motifs is 3. The lowest BCUT2D eigenvalue weighted by molar-refractivity contribution is 0.436. The van der Waals surface area contributed by atoms with Crippen LogP contribution in [0.25, 0.3) is 11.0 Å². The minimum atomic E-state index is 0. The molecule has 0 aliphatic carbocycles. The van der Waals surface area contributed by atoms with Crippen LogP contribution >= 0.6 is 24.0 Å². The van der Waals surface area contributed by atoms with Gasteiger partial charge in [0.2, 0.25) is 0 Å². The summed E-state index contributed by atoms with van der Waals surface area (Å²) in [7, 11) is 0. The first-order valence-electron chi connectivity index (χ1n) is 5.55. The molecule has 2 aromatic heterocycles. The van der Waals surface area contributed by atoms with Gasteiger partial charge in [-0.3, -0.25) is 0 Å². The highest BCUT2D eigenvalue weighted by atomic mass is 35.5. The van der Waals surface area contributed by atoms with Crippen LogP contribution in [0, 0.1) is 6.92 Å². The third kappa shape index (κ3) is 1.82. The molecule has 0 saturated carbocycles. The number of hydrogen-bond acceptors (Lipinski definition) is 2. The second kappa shape index (κ2) is 4.48. The van der Waals surface area contributed by atoms with Crippen molar-refractivity contribution in [1.29, 1.82) is 0 Å². The number of nitrogens with zero attached hydrogens (tertiary/aromatic N) is 2. The highest BCUT2D eigenvalue weighted by Crippen LogP contribution is 2.30. The standard InChI is InChI=1S/C12H14ClN3.ClH/c1-7-5-14-6-10-8(2)9-3-4-11(13)15-12(9)16(7)10;/h3-4,7,14H,5-6H2,1-2H3;1H/t7-;/m1./s1. The van der Waals surface area contributed by atoms with E-state index in [1.165, 1.54) is 16.6 Å². The van der Waals surface area contributed by atoms with Gasteiger partial charge in [0.05, 0.1) is 0 Å². The van der Waals surface area contributed by atoms with Gasteiger partial charge in [0.15, 0.2) is 0 Å². The van der Waals surface area contributed by atoms with Gasteiger partial charge in [0.1, 0.15) is 10.8 Å². The number of pyridine rings is 1. The first kappa shape index (κ1) is 12.7. The molecule has 0 amide bonds. The average molecular weight is 272 g/mol. The SMILES string of the molecule is Cc1c2n(c3nc(Cl)ccc13)[C@H](C)CNC2.Cl. The van der Waals surface area contributed by atoms with Gasteiger partial charge < -0.3 is 9.88 Å². The van der Waals surface area contributed by atoms with Crippen LogP contribution in [0.4, 0.5) is 0 Å². The molecule has 1 atom stereocenters. The Hall–Kier alpha value is -0.770. The van der Waals surface area contributed by atoms with Crippen LogP contribution in [0.15, 0.2) is 12.1 Å². The van der Waals surface area contributed by atoms with E-state index >= 15 is 0 Å². The van der Waals surface area contributed by atoms with E-state index in [0.717, 1.165) is 18.7 Å². The molecule has 1 aliphatic heterocycles. The number of nitrogens with one attached hydrogen (secondary N) is 1.